The van der Waals surface area contributed by atoms with Gasteiger partial charge in [0.25, 0.3) is 5.24 Å². The number of para-hydroxylation sites is 1. The minimum Gasteiger partial charge on any atom is -0.440 e. The monoisotopic (exact) mass is 505 g/mol. The number of nitrogens with zero attached hydrogens (tertiary/aromatic N) is 1. The summed E-state index contributed by atoms with van der Waals surface area (Å²) in [6, 6.07) is 12.8. The summed E-state index contributed by atoms with van der Waals surface area (Å²) >= 11 is 0.983. The predicted octanol–water partition coefficient (Wildman–Crippen LogP) is 5.93. The quantitative estimate of drug-likeness (QED) is 0.444. The van der Waals surface area contributed by atoms with Crippen LogP contribution in [0, 0.1) is 12.3 Å². The molecule has 1 aromatic heterocycles. The fraction of sp³-hybridized carbons (Fsp3) is 0.393. The molecular weight excluding hydrogens is 474 g/mol. The van der Waals surface area contributed by atoms with Crippen molar-refractivity contribution in [2.24, 2.45) is 5.41 Å². The third-order valence-corrected chi connectivity index (χ3v) is 8.21. The molecule has 8 heteroatoms. The number of imide groups is 1. The summed E-state index contributed by atoms with van der Waals surface area (Å²) in [5.74, 6) is 0.298. The molecule has 2 aliphatic rings. The molecular formula is C28H31N3O4S. The van der Waals surface area contributed by atoms with Crippen LogP contribution in [0.3, 0.4) is 0 Å². The Morgan fingerprint density at radius 1 is 1.11 bits per heavy atom. The highest BCUT2D eigenvalue weighted by Crippen LogP contribution is 2.40. The number of benzene rings is 2. The highest BCUT2D eigenvalue weighted by atomic mass is 32.2. The Labute approximate surface area is 214 Å². The van der Waals surface area contributed by atoms with Crippen LogP contribution in [0.25, 0.3) is 11.0 Å². The number of rotatable bonds is 5. The number of hydrogen-bond acceptors (Lipinski definition) is 7. The topological polar surface area (TPSA) is 91.7 Å². The Hall–Kier alpha value is -3.26. The number of carbonyl (C=O) groups excluding carboxylic acids is 2. The molecule has 0 radical (unpaired) electrons. The summed E-state index contributed by atoms with van der Waals surface area (Å²) in [7, 11) is 0. The summed E-state index contributed by atoms with van der Waals surface area (Å²) in [6.45, 7) is 10.2. The Kier molecular flexibility index (Phi) is 6.32. The lowest BCUT2D eigenvalue weighted by Gasteiger charge is -2.37. The number of anilines is 2. The maximum atomic E-state index is 13.2. The normalized spacial score (nSPS) is 20.4. The van der Waals surface area contributed by atoms with E-state index in [0.29, 0.717) is 22.3 Å². The van der Waals surface area contributed by atoms with E-state index in [1.807, 2.05) is 50.2 Å². The van der Waals surface area contributed by atoms with Gasteiger partial charge in [0.1, 0.15) is 10.8 Å². The van der Waals surface area contributed by atoms with E-state index in [2.05, 4.69) is 29.4 Å². The molecule has 2 atom stereocenters. The van der Waals surface area contributed by atoms with Gasteiger partial charge in [-0.15, -0.1) is 0 Å². The Balaban J connectivity index is 1.51. The number of fused-ring (bicyclic) bond motifs is 1. The number of hydrogen-bond donors (Lipinski definition) is 2. The van der Waals surface area contributed by atoms with E-state index in [4.69, 9.17) is 4.42 Å². The molecule has 2 aromatic carbocycles. The molecule has 0 saturated carbocycles. The zero-order chi connectivity index (χ0) is 25.6. The fourth-order valence-corrected chi connectivity index (χ4v) is 5.83. The number of thioether (sulfide) groups is 1. The van der Waals surface area contributed by atoms with Crippen LogP contribution in [0.4, 0.5) is 16.4 Å². The average molecular weight is 506 g/mol. The van der Waals surface area contributed by atoms with Gasteiger partial charge in [-0.2, -0.15) is 0 Å². The number of nitrogens with one attached hydrogen (secondary N) is 2. The van der Waals surface area contributed by atoms with Crippen molar-refractivity contribution in [1.82, 2.24) is 5.32 Å². The molecule has 0 spiro atoms. The van der Waals surface area contributed by atoms with Crippen LogP contribution in [-0.4, -0.2) is 24.2 Å². The molecule has 188 valence electrons. The summed E-state index contributed by atoms with van der Waals surface area (Å²) in [6.07, 6.45) is 2.08. The van der Waals surface area contributed by atoms with E-state index in [-0.39, 0.29) is 22.6 Å². The number of aryl methyl sites for hydroxylation is 1. The molecule has 2 amide bonds. The summed E-state index contributed by atoms with van der Waals surface area (Å²) in [4.78, 5) is 39.4. The SMILES string of the molecule is Cc1cc([C@@H](C)Nc2ccccc2[C@H]2SC(=O)NC2=O)c2oc(N3CCC(C)(C)CC3)cc(=O)c2c1. The second-order valence-electron chi connectivity index (χ2n) is 10.6. The molecule has 2 aliphatic heterocycles. The van der Waals surface area contributed by atoms with Crippen molar-refractivity contribution in [3.05, 3.63) is 69.4 Å². The predicted molar refractivity (Wildman–Crippen MR) is 145 cm³/mol. The van der Waals surface area contributed by atoms with Crippen molar-refractivity contribution in [2.45, 2.75) is 51.8 Å². The summed E-state index contributed by atoms with van der Waals surface area (Å²) in [5.41, 5.74) is 4.17. The first-order valence-corrected chi connectivity index (χ1v) is 13.2. The molecule has 36 heavy (non-hydrogen) atoms. The van der Waals surface area contributed by atoms with Crippen molar-refractivity contribution < 1.29 is 14.0 Å². The molecule has 3 aromatic rings. The maximum absolute atomic E-state index is 13.2. The van der Waals surface area contributed by atoms with Crippen LogP contribution in [0.1, 0.15) is 61.6 Å². The van der Waals surface area contributed by atoms with Gasteiger partial charge in [-0.1, -0.05) is 38.1 Å². The molecule has 2 N–H and O–H groups in total. The molecule has 3 heterocycles. The van der Waals surface area contributed by atoms with Crippen LogP contribution in [0.15, 0.2) is 51.7 Å². The van der Waals surface area contributed by atoms with Gasteiger partial charge in [0, 0.05) is 30.4 Å². The molecule has 2 saturated heterocycles. The van der Waals surface area contributed by atoms with Gasteiger partial charge in [0.05, 0.1) is 11.4 Å². The first-order chi connectivity index (χ1) is 17.1. The van der Waals surface area contributed by atoms with Crippen molar-refractivity contribution in [3.63, 3.8) is 0 Å². The lowest BCUT2D eigenvalue weighted by atomic mass is 9.83. The van der Waals surface area contributed by atoms with Gasteiger partial charge in [-0.25, -0.2) is 0 Å². The lowest BCUT2D eigenvalue weighted by molar-refractivity contribution is -0.119. The van der Waals surface area contributed by atoms with Gasteiger partial charge < -0.3 is 14.6 Å². The standard InChI is InChI=1S/C28H31N3O4S/c1-16-13-19(17(2)29-21-8-6-5-7-18(21)25-26(33)30-27(34)36-25)24-20(14-16)22(32)15-23(35-24)31-11-9-28(3,4)10-12-31/h5-8,13-15,17,25,29H,9-12H2,1-4H3,(H,30,33,34)/t17-,25-/m1/s1. The van der Waals surface area contributed by atoms with Gasteiger partial charge in [-0.05, 0) is 67.1 Å². The average Bonchev–Trinajstić information content (AvgIpc) is 3.16. The van der Waals surface area contributed by atoms with Crippen LogP contribution < -0.4 is 21.0 Å². The fourth-order valence-electron chi connectivity index (χ4n) is 4.96. The van der Waals surface area contributed by atoms with Gasteiger partial charge in [0.2, 0.25) is 5.91 Å². The number of carbonyl (C=O) groups is 2. The van der Waals surface area contributed by atoms with E-state index >= 15 is 0 Å². The van der Waals surface area contributed by atoms with Crippen molar-refractivity contribution >= 4 is 45.4 Å². The summed E-state index contributed by atoms with van der Waals surface area (Å²) < 4.78 is 6.43. The minimum atomic E-state index is -0.601. The smallest absolute Gasteiger partial charge is 0.286 e. The molecule has 0 aliphatic carbocycles. The third-order valence-electron chi connectivity index (χ3n) is 7.19. The van der Waals surface area contributed by atoms with Crippen molar-refractivity contribution in [1.29, 1.82) is 0 Å². The Morgan fingerprint density at radius 3 is 2.53 bits per heavy atom. The molecule has 5 rings (SSSR count). The van der Waals surface area contributed by atoms with Crippen molar-refractivity contribution in [3.8, 4) is 0 Å². The highest BCUT2D eigenvalue weighted by Gasteiger charge is 2.34. The van der Waals surface area contributed by atoms with Gasteiger partial charge in [-0.3, -0.25) is 19.7 Å². The third kappa shape index (κ3) is 4.74. The van der Waals surface area contributed by atoms with Crippen LogP contribution >= 0.6 is 11.8 Å². The molecule has 0 bridgehead atoms. The molecule has 7 nitrogen and oxygen atoms in total. The van der Waals surface area contributed by atoms with Crippen LogP contribution in [-0.2, 0) is 4.79 Å². The van der Waals surface area contributed by atoms with Gasteiger partial charge >= 0.3 is 0 Å². The van der Waals surface area contributed by atoms with E-state index in [0.717, 1.165) is 60.1 Å². The van der Waals surface area contributed by atoms with Crippen molar-refractivity contribution in [2.75, 3.05) is 23.3 Å². The first kappa shape index (κ1) is 24.4. The number of amides is 2. The van der Waals surface area contributed by atoms with E-state index in [1.165, 1.54) is 0 Å². The van der Waals surface area contributed by atoms with E-state index in [1.54, 1.807) is 6.07 Å². The lowest BCUT2D eigenvalue weighted by Crippen LogP contribution is -2.37. The second-order valence-corrected chi connectivity index (χ2v) is 11.6. The zero-order valence-electron chi connectivity index (χ0n) is 21.0. The van der Waals surface area contributed by atoms with Gasteiger partial charge in [0.15, 0.2) is 11.3 Å². The Bertz CT molecular complexity index is 1400. The molecule has 2 fully saturated rings. The maximum Gasteiger partial charge on any atom is 0.286 e. The van der Waals surface area contributed by atoms with Crippen LogP contribution in [0.5, 0.6) is 0 Å². The second kappa shape index (κ2) is 9.32. The van der Waals surface area contributed by atoms with E-state index < -0.39 is 5.25 Å². The zero-order valence-corrected chi connectivity index (χ0v) is 21.8. The largest absolute Gasteiger partial charge is 0.440 e. The van der Waals surface area contributed by atoms with E-state index in [9.17, 15) is 14.4 Å². The Morgan fingerprint density at radius 2 is 1.83 bits per heavy atom. The summed E-state index contributed by atoms with van der Waals surface area (Å²) in [5, 5.41) is 5.49. The minimum absolute atomic E-state index is 0.0498. The first-order valence-electron chi connectivity index (χ1n) is 12.3. The van der Waals surface area contributed by atoms with Crippen LogP contribution in [0.2, 0.25) is 0 Å². The number of piperidine rings is 1. The highest BCUT2D eigenvalue weighted by molar-refractivity contribution is 8.15. The molecule has 0 unspecified atom stereocenters.